The number of amides is 3. The van der Waals surface area contributed by atoms with Gasteiger partial charge in [-0.15, -0.1) is 0 Å². The van der Waals surface area contributed by atoms with Gasteiger partial charge < -0.3 is 10.2 Å². The number of nitrogens with zero attached hydrogens (tertiary/aromatic N) is 2. The van der Waals surface area contributed by atoms with Gasteiger partial charge in [-0.1, -0.05) is 41.9 Å². The number of benzene rings is 2. The maximum Gasteiger partial charge on any atom is 0.267 e. The molecular weight excluding hydrogens is 378 g/mol. The second-order valence-corrected chi connectivity index (χ2v) is 7.55. The molecule has 0 saturated carbocycles. The van der Waals surface area contributed by atoms with Gasteiger partial charge in [-0.25, -0.2) is 0 Å². The van der Waals surface area contributed by atoms with E-state index in [1.165, 1.54) is 9.80 Å². The first-order valence-corrected chi connectivity index (χ1v) is 9.51. The van der Waals surface area contributed by atoms with Crippen LogP contribution in [0.3, 0.4) is 0 Å². The van der Waals surface area contributed by atoms with Crippen LogP contribution in [0.4, 0.5) is 5.69 Å². The fraction of sp³-hybridized carbons (Fsp3) is 0.286. The topological polar surface area (TPSA) is 69.7 Å². The van der Waals surface area contributed by atoms with Gasteiger partial charge in [-0.2, -0.15) is 0 Å². The van der Waals surface area contributed by atoms with Crippen molar-refractivity contribution < 1.29 is 14.4 Å². The van der Waals surface area contributed by atoms with Crippen LogP contribution in [0.5, 0.6) is 0 Å². The van der Waals surface area contributed by atoms with Gasteiger partial charge in [0, 0.05) is 24.9 Å². The van der Waals surface area contributed by atoms with Crippen LogP contribution in [-0.4, -0.2) is 35.3 Å². The van der Waals surface area contributed by atoms with E-state index < -0.39 is 11.6 Å². The molecule has 2 aliphatic heterocycles. The van der Waals surface area contributed by atoms with Gasteiger partial charge in [0.05, 0.1) is 17.3 Å². The van der Waals surface area contributed by atoms with E-state index in [0.717, 1.165) is 5.56 Å². The minimum Gasteiger partial charge on any atom is -0.346 e. The number of carbonyl (C=O) groups excluding carboxylic acids is 3. The Morgan fingerprint density at radius 1 is 1.14 bits per heavy atom. The Labute approximate surface area is 168 Å². The molecule has 1 N–H and O–H groups in total. The standard InChI is InChI=1S/C21H20ClN3O3/c1-13(14-7-3-5-9-16(14)22)23-20(28)21-12-11-18(26)25(21)17-10-6-4-8-15(17)19(27)24(21)2/h3-10,13H,11-12H2,1-2H3,(H,23,28)/t13-,21+/m1/s1. The summed E-state index contributed by atoms with van der Waals surface area (Å²) < 4.78 is 0. The van der Waals surface area contributed by atoms with Gasteiger partial charge >= 0.3 is 0 Å². The van der Waals surface area contributed by atoms with Crippen molar-refractivity contribution in [2.75, 3.05) is 11.9 Å². The van der Waals surface area contributed by atoms with Gasteiger partial charge in [0.2, 0.25) is 11.6 Å². The van der Waals surface area contributed by atoms with Crippen molar-refractivity contribution in [2.45, 2.75) is 31.5 Å². The number of para-hydroxylation sites is 1. The maximum absolute atomic E-state index is 13.5. The molecule has 0 spiro atoms. The number of halogens is 1. The SMILES string of the molecule is C[C@@H](NC(=O)[C@]12CCC(=O)N1c1ccccc1C(=O)N2C)c1ccccc1Cl. The molecular formula is C21H20ClN3O3. The van der Waals surface area contributed by atoms with Crippen LogP contribution in [0, 0.1) is 0 Å². The lowest BCUT2D eigenvalue weighted by Crippen LogP contribution is -2.69. The normalized spacial score (nSPS) is 22.0. The van der Waals surface area contributed by atoms with E-state index in [1.54, 1.807) is 37.4 Å². The highest BCUT2D eigenvalue weighted by molar-refractivity contribution is 6.31. The van der Waals surface area contributed by atoms with Crippen LogP contribution in [0.25, 0.3) is 0 Å². The van der Waals surface area contributed by atoms with Crippen LogP contribution in [0.2, 0.25) is 5.02 Å². The average molecular weight is 398 g/mol. The molecule has 2 atom stereocenters. The molecule has 2 aliphatic rings. The second kappa shape index (κ2) is 6.63. The largest absolute Gasteiger partial charge is 0.346 e. The number of carbonyl (C=O) groups is 3. The summed E-state index contributed by atoms with van der Waals surface area (Å²) in [5, 5.41) is 3.51. The Bertz CT molecular complexity index is 992. The first-order chi connectivity index (χ1) is 13.4. The Morgan fingerprint density at radius 2 is 1.82 bits per heavy atom. The molecule has 2 heterocycles. The summed E-state index contributed by atoms with van der Waals surface area (Å²) in [6.45, 7) is 1.83. The number of hydrogen-bond acceptors (Lipinski definition) is 3. The molecule has 144 valence electrons. The van der Waals surface area contributed by atoms with Crippen LogP contribution >= 0.6 is 11.6 Å². The molecule has 28 heavy (non-hydrogen) atoms. The van der Waals surface area contributed by atoms with Gasteiger partial charge in [0.1, 0.15) is 0 Å². The molecule has 0 bridgehead atoms. The molecule has 6 nitrogen and oxygen atoms in total. The summed E-state index contributed by atoms with van der Waals surface area (Å²) in [5.74, 6) is -0.842. The van der Waals surface area contributed by atoms with Gasteiger partial charge in [0.15, 0.2) is 0 Å². The van der Waals surface area contributed by atoms with E-state index in [4.69, 9.17) is 11.6 Å². The van der Waals surface area contributed by atoms with Crippen molar-refractivity contribution in [1.82, 2.24) is 10.2 Å². The van der Waals surface area contributed by atoms with Gasteiger partial charge in [0.25, 0.3) is 11.8 Å². The lowest BCUT2D eigenvalue weighted by atomic mass is 9.95. The number of nitrogens with one attached hydrogen (secondary N) is 1. The molecule has 0 aromatic heterocycles. The predicted molar refractivity (Wildman–Crippen MR) is 106 cm³/mol. The van der Waals surface area contributed by atoms with Gasteiger partial charge in [-0.3, -0.25) is 19.3 Å². The maximum atomic E-state index is 13.5. The van der Waals surface area contributed by atoms with Crippen LogP contribution in [0.1, 0.15) is 41.7 Å². The first kappa shape index (κ1) is 18.5. The van der Waals surface area contributed by atoms with Crippen molar-refractivity contribution in [1.29, 1.82) is 0 Å². The lowest BCUT2D eigenvalue weighted by Gasteiger charge is -2.47. The highest BCUT2D eigenvalue weighted by atomic mass is 35.5. The quantitative estimate of drug-likeness (QED) is 0.865. The highest BCUT2D eigenvalue weighted by Crippen LogP contribution is 2.44. The fourth-order valence-electron chi connectivity index (χ4n) is 4.14. The molecule has 1 fully saturated rings. The third-order valence-electron chi connectivity index (χ3n) is 5.62. The van der Waals surface area contributed by atoms with E-state index in [2.05, 4.69) is 5.32 Å². The van der Waals surface area contributed by atoms with E-state index >= 15 is 0 Å². The third-order valence-corrected chi connectivity index (χ3v) is 5.97. The fourth-order valence-corrected chi connectivity index (χ4v) is 4.44. The van der Waals surface area contributed by atoms with Crippen LogP contribution in [-0.2, 0) is 9.59 Å². The minimum absolute atomic E-state index is 0.174. The Hall–Kier alpha value is -2.86. The van der Waals surface area contributed by atoms with Crippen LogP contribution in [0.15, 0.2) is 48.5 Å². The predicted octanol–water partition coefficient (Wildman–Crippen LogP) is 3.13. The monoisotopic (exact) mass is 397 g/mol. The summed E-state index contributed by atoms with van der Waals surface area (Å²) in [4.78, 5) is 42.0. The number of fused-ring (bicyclic) bond motifs is 3. The summed E-state index contributed by atoms with van der Waals surface area (Å²) in [6, 6.07) is 13.8. The number of anilines is 1. The summed E-state index contributed by atoms with van der Waals surface area (Å²) in [5.41, 5.74) is 0.296. The molecule has 3 amide bonds. The Balaban J connectivity index is 1.75. The zero-order chi connectivity index (χ0) is 20.1. The zero-order valence-electron chi connectivity index (χ0n) is 15.6. The van der Waals surface area contributed by atoms with Crippen molar-refractivity contribution in [2.24, 2.45) is 0 Å². The van der Waals surface area contributed by atoms with E-state index in [9.17, 15) is 14.4 Å². The van der Waals surface area contributed by atoms with Crippen molar-refractivity contribution in [3.63, 3.8) is 0 Å². The molecule has 0 radical (unpaired) electrons. The molecule has 0 aliphatic carbocycles. The van der Waals surface area contributed by atoms with Crippen molar-refractivity contribution in [3.8, 4) is 0 Å². The number of likely N-dealkylation sites (N-methyl/N-ethyl adjacent to an activating group) is 1. The molecule has 7 heteroatoms. The van der Waals surface area contributed by atoms with Gasteiger partial charge in [-0.05, 0) is 30.7 Å². The summed E-state index contributed by atoms with van der Waals surface area (Å²) >= 11 is 6.26. The highest BCUT2D eigenvalue weighted by Gasteiger charge is 2.59. The average Bonchev–Trinajstić information content (AvgIpc) is 3.05. The zero-order valence-corrected chi connectivity index (χ0v) is 16.4. The lowest BCUT2D eigenvalue weighted by molar-refractivity contribution is -0.133. The minimum atomic E-state index is -1.38. The molecule has 4 rings (SSSR count). The van der Waals surface area contributed by atoms with E-state index in [0.29, 0.717) is 16.3 Å². The molecule has 1 saturated heterocycles. The summed E-state index contributed by atoms with van der Waals surface area (Å²) in [6.07, 6.45) is 0.434. The van der Waals surface area contributed by atoms with Crippen molar-refractivity contribution >= 4 is 35.0 Å². The Kier molecular flexibility index (Phi) is 4.38. The first-order valence-electron chi connectivity index (χ1n) is 9.13. The smallest absolute Gasteiger partial charge is 0.267 e. The van der Waals surface area contributed by atoms with Crippen molar-refractivity contribution in [3.05, 3.63) is 64.7 Å². The van der Waals surface area contributed by atoms with E-state index in [1.807, 2.05) is 25.1 Å². The molecule has 2 aromatic rings. The second-order valence-electron chi connectivity index (χ2n) is 7.14. The summed E-state index contributed by atoms with van der Waals surface area (Å²) in [7, 11) is 1.57. The number of rotatable bonds is 3. The molecule has 0 unspecified atom stereocenters. The Morgan fingerprint density at radius 3 is 2.57 bits per heavy atom. The van der Waals surface area contributed by atoms with Crippen LogP contribution < -0.4 is 10.2 Å². The molecule has 2 aromatic carbocycles. The third kappa shape index (κ3) is 2.52. The van der Waals surface area contributed by atoms with E-state index in [-0.39, 0.29) is 30.7 Å². The number of hydrogen-bond donors (Lipinski definition) is 1.